The number of hydrogen-bond acceptors (Lipinski definition) is 4. The number of aryl methyl sites for hydroxylation is 1. The maximum Gasteiger partial charge on any atom is 0.220 e. The first-order chi connectivity index (χ1) is 9.21. The molecule has 0 aliphatic carbocycles. The average Bonchev–Trinajstić information content (AvgIpc) is 2.45. The van der Waals surface area contributed by atoms with Crippen molar-refractivity contribution < 1.29 is 4.79 Å². The van der Waals surface area contributed by atoms with Crippen LogP contribution in [0.15, 0.2) is 29.3 Å². The van der Waals surface area contributed by atoms with E-state index in [-0.39, 0.29) is 5.91 Å². The summed E-state index contributed by atoms with van der Waals surface area (Å²) in [7, 11) is 1.62. The number of carbonyl (C=O) groups excluding carboxylic acids is 1. The largest absolute Gasteiger partial charge is 0.359 e. The summed E-state index contributed by atoms with van der Waals surface area (Å²) in [6.07, 6.45) is 4.73. The van der Waals surface area contributed by atoms with Crippen LogP contribution in [-0.4, -0.2) is 24.4 Å². The van der Waals surface area contributed by atoms with E-state index in [0.29, 0.717) is 18.0 Å². The van der Waals surface area contributed by atoms with E-state index in [1.54, 1.807) is 7.05 Å². The first-order valence-electron chi connectivity index (χ1n) is 5.77. The van der Waals surface area contributed by atoms with Crippen LogP contribution in [0.25, 0.3) is 0 Å². The Bertz CT molecular complexity index is 508. The molecule has 1 aromatic carbocycles. The van der Waals surface area contributed by atoms with E-state index >= 15 is 0 Å². The van der Waals surface area contributed by atoms with Crippen LogP contribution >= 0.6 is 11.8 Å². The summed E-state index contributed by atoms with van der Waals surface area (Å²) in [5.41, 5.74) is 1.76. The van der Waals surface area contributed by atoms with Crippen LogP contribution < -0.4 is 10.6 Å². The Hall–Kier alpha value is -2.00. The van der Waals surface area contributed by atoms with Crippen molar-refractivity contribution in [2.45, 2.75) is 12.8 Å². The van der Waals surface area contributed by atoms with Gasteiger partial charge in [-0.05, 0) is 24.3 Å². The molecule has 5 nitrogen and oxygen atoms in total. The molecule has 0 unspecified atom stereocenters. The Labute approximate surface area is 117 Å². The number of carbonyl (C=O) groups is 1. The zero-order chi connectivity index (χ0) is 14.1. The molecule has 0 saturated carbocycles. The molecule has 0 fully saturated rings. The summed E-state index contributed by atoms with van der Waals surface area (Å²) in [5, 5.41) is 14.3. The molecule has 0 heterocycles. The van der Waals surface area contributed by atoms with Crippen molar-refractivity contribution in [1.82, 2.24) is 10.6 Å². The lowest BCUT2D eigenvalue weighted by molar-refractivity contribution is -0.120. The van der Waals surface area contributed by atoms with Gasteiger partial charge in [0.05, 0.1) is 5.69 Å². The van der Waals surface area contributed by atoms with Crippen molar-refractivity contribution in [2.24, 2.45) is 4.99 Å². The van der Waals surface area contributed by atoms with E-state index in [0.717, 1.165) is 11.3 Å². The first-order valence-corrected chi connectivity index (χ1v) is 7.00. The second kappa shape index (κ2) is 8.16. The lowest BCUT2D eigenvalue weighted by atomic mass is 10.1. The fraction of sp³-hybridized carbons (Fsp3) is 0.308. The van der Waals surface area contributed by atoms with E-state index in [1.807, 2.05) is 36.7 Å². The molecule has 0 atom stereocenters. The van der Waals surface area contributed by atoms with Gasteiger partial charge in [0, 0.05) is 13.5 Å². The van der Waals surface area contributed by atoms with Crippen molar-refractivity contribution in [1.29, 1.82) is 5.26 Å². The number of aliphatic imine (C=N–C) groups is 1. The molecule has 19 heavy (non-hydrogen) atoms. The molecular formula is C13H16N4OS. The minimum Gasteiger partial charge on any atom is -0.359 e. The van der Waals surface area contributed by atoms with Crippen LogP contribution in [0, 0.1) is 11.5 Å². The van der Waals surface area contributed by atoms with Gasteiger partial charge in [-0.15, -0.1) is 0 Å². The molecule has 0 radical (unpaired) electrons. The molecule has 2 N–H and O–H groups in total. The Balaban J connectivity index is 2.89. The normalized spacial score (nSPS) is 10.7. The second-order valence-corrected chi connectivity index (χ2v) is 4.45. The number of thioether (sulfide) groups is 1. The van der Waals surface area contributed by atoms with Crippen molar-refractivity contribution >= 4 is 28.5 Å². The lowest BCUT2D eigenvalue weighted by Gasteiger charge is -2.06. The maximum absolute atomic E-state index is 11.3. The van der Waals surface area contributed by atoms with Gasteiger partial charge < -0.3 is 5.32 Å². The van der Waals surface area contributed by atoms with Gasteiger partial charge in [-0.3, -0.25) is 10.1 Å². The number of para-hydroxylation sites is 1. The van der Waals surface area contributed by atoms with E-state index in [2.05, 4.69) is 15.6 Å². The van der Waals surface area contributed by atoms with Crippen LogP contribution in [0.4, 0.5) is 5.69 Å². The summed E-state index contributed by atoms with van der Waals surface area (Å²) in [6, 6.07) is 7.60. The zero-order valence-corrected chi connectivity index (χ0v) is 11.8. The summed E-state index contributed by atoms with van der Waals surface area (Å²) < 4.78 is 0. The molecule has 0 spiro atoms. The zero-order valence-electron chi connectivity index (χ0n) is 10.9. The fourth-order valence-electron chi connectivity index (χ4n) is 1.49. The number of amidine groups is 1. The minimum absolute atomic E-state index is 0.000905. The maximum atomic E-state index is 11.3. The summed E-state index contributed by atoms with van der Waals surface area (Å²) in [4.78, 5) is 15.7. The highest BCUT2D eigenvalue weighted by Crippen LogP contribution is 2.21. The average molecular weight is 276 g/mol. The summed E-state index contributed by atoms with van der Waals surface area (Å²) in [5.74, 6) is -0.000905. The number of nitriles is 1. The third-order valence-electron chi connectivity index (χ3n) is 2.47. The van der Waals surface area contributed by atoms with Crippen LogP contribution in [0.5, 0.6) is 0 Å². The van der Waals surface area contributed by atoms with Gasteiger partial charge in [0.1, 0.15) is 0 Å². The Morgan fingerprint density at radius 2 is 2.21 bits per heavy atom. The van der Waals surface area contributed by atoms with Crippen molar-refractivity contribution in [3.05, 3.63) is 29.8 Å². The Morgan fingerprint density at radius 1 is 1.47 bits per heavy atom. The van der Waals surface area contributed by atoms with Gasteiger partial charge in [-0.1, -0.05) is 30.0 Å². The molecule has 0 aliphatic rings. The molecule has 6 heteroatoms. The SMILES string of the molecule is CNC(=O)CCc1ccccc1N=C(NC#N)SC. The standard InChI is InChI=1S/C13H16N4OS/c1-15-12(18)8-7-10-5-3-4-6-11(10)17-13(19-2)16-9-14/h3-6H,7-8H2,1-2H3,(H,15,18)(H,16,17). The number of nitrogens with one attached hydrogen (secondary N) is 2. The predicted molar refractivity (Wildman–Crippen MR) is 78.2 cm³/mol. The monoisotopic (exact) mass is 276 g/mol. The van der Waals surface area contributed by atoms with E-state index in [9.17, 15) is 4.79 Å². The number of amides is 1. The van der Waals surface area contributed by atoms with Crippen molar-refractivity contribution in [3.63, 3.8) is 0 Å². The third-order valence-corrected chi connectivity index (χ3v) is 3.05. The number of benzene rings is 1. The van der Waals surface area contributed by atoms with Crippen LogP contribution in [-0.2, 0) is 11.2 Å². The Morgan fingerprint density at radius 3 is 2.84 bits per heavy atom. The number of hydrogen-bond donors (Lipinski definition) is 2. The molecule has 1 aromatic rings. The molecule has 1 rings (SSSR count). The van der Waals surface area contributed by atoms with E-state index in [4.69, 9.17) is 5.26 Å². The molecule has 0 bridgehead atoms. The second-order valence-electron chi connectivity index (χ2n) is 3.66. The summed E-state index contributed by atoms with van der Waals surface area (Å²) in [6.45, 7) is 0. The predicted octanol–water partition coefficient (Wildman–Crippen LogP) is 1.79. The molecule has 0 aromatic heterocycles. The molecule has 0 aliphatic heterocycles. The van der Waals surface area contributed by atoms with Gasteiger partial charge in [-0.2, -0.15) is 5.26 Å². The van der Waals surface area contributed by atoms with Crippen molar-refractivity contribution in [2.75, 3.05) is 13.3 Å². The highest BCUT2D eigenvalue weighted by atomic mass is 32.2. The highest BCUT2D eigenvalue weighted by molar-refractivity contribution is 8.13. The number of nitrogens with zero attached hydrogens (tertiary/aromatic N) is 2. The van der Waals surface area contributed by atoms with Gasteiger partial charge >= 0.3 is 0 Å². The van der Waals surface area contributed by atoms with E-state index < -0.39 is 0 Å². The highest BCUT2D eigenvalue weighted by Gasteiger charge is 2.05. The van der Waals surface area contributed by atoms with Crippen LogP contribution in [0.3, 0.4) is 0 Å². The topological polar surface area (TPSA) is 77.3 Å². The lowest BCUT2D eigenvalue weighted by Crippen LogP contribution is -2.18. The van der Waals surface area contributed by atoms with Gasteiger partial charge in [-0.25, -0.2) is 4.99 Å². The molecule has 1 amide bonds. The van der Waals surface area contributed by atoms with Crippen molar-refractivity contribution in [3.8, 4) is 6.19 Å². The smallest absolute Gasteiger partial charge is 0.220 e. The number of rotatable bonds is 4. The van der Waals surface area contributed by atoms with Crippen LogP contribution in [0.1, 0.15) is 12.0 Å². The quantitative estimate of drug-likeness (QED) is 0.380. The summed E-state index contributed by atoms with van der Waals surface area (Å²) >= 11 is 1.36. The molecule has 0 saturated heterocycles. The van der Waals surface area contributed by atoms with Gasteiger partial charge in [0.25, 0.3) is 0 Å². The molecule has 100 valence electrons. The Kier molecular flexibility index (Phi) is 6.47. The van der Waals surface area contributed by atoms with Crippen LogP contribution in [0.2, 0.25) is 0 Å². The van der Waals surface area contributed by atoms with Gasteiger partial charge in [0.15, 0.2) is 11.4 Å². The molecular weight excluding hydrogens is 260 g/mol. The fourth-order valence-corrected chi connectivity index (χ4v) is 1.82. The first kappa shape index (κ1) is 15.1. The van der Waals surface area contributed by atoms with Gasteiger partial charge in [0.2, 0.25) is 5.91 Å². The third kappa shape index (κ3) is 5.02. The minimum atomic E-state index is -0.000905. The van der Waals surface area contributed by atoms with E-state index in [1.165, 1.54) is 11.8 Å².